The van der Waals surface area contributed by atoms with Crippen LogP contribution in [0.2, 0.25) is 0 Å². The number of carbonyl (C=O) groups excluding carboxylic acids is 1. The molecule has 1 fully saturated rings. The Hall–Kier alpha value is -0.610. The third-order valence-corrected chi connectivity index (χ3v) is 3.86. The van der Waals surface area contributed by atoms with Crippen LogP contribution in [0.25, 0.3) is 0 Å². The molecule has 1 aliphatic carbocycles. The number of amides is 1. The van der Waals surface area contributed by atoms with Crippen LogP contribution < -0.4 is 11.1 Å². The number of ether oxygens (including phenoxy) is 1. The van der Waals surface area contributed by atoms with Crippen LogP contribution in [0.15, 0.2) is 0 Å². The lowest BCUT2D eigenvalue weighted by Crippen LogP contribution is -2.47. The summed E-state index contributed by atoms with van der Waals surface area (Å²) in [7, 11) is 0. The van der Waals surface area contributed by atoms with Crippen molar-refractivity contribution in [1.82, 2.24) is 5.32 Å². The van der Waals surface area contributed by atoms with E-state index in [1.54, 1.807) is 0 Å². The third-order valence-electron chi connectivity index (χ3n) is 3.86. The minimum absolute atomic E-state index is 0.129. The number of hydrogen-bond donors (Lipinski definition) is 2. The van der Waals surface area contributed by atoms with E-state index in [-0.39, 0.29) is 11.3 Å². The van der Waals surface area contributed by atoms with E-state index in [0.29, 0.717) is 19.7 Å². The molecule has 18 heavy (non-hydrogen) atoms. The zero-order valence-corrected chi connectivity index (χ0v) is 11.7. The van der Waals surface area contributed by atoms with Gasteiger partial charge in [0.25, 0.3) is 0 Å². The van der Waals surface area contributed by atoms with Gasteiger partial charge in [0.15, 0.2) is 0 Å². The van der Waals surface area contributed by atoms with Crippen LogP contribution in [-0.4, -0.2) is 32.2 Å². The van der Waals surface area contributed by atoms with E-state index in [0.717, 1.165) is 45.1 Å². The van der Waals surface area contributed by atoms with Crippen LogP contribution in [0, 0.1) is 5.41 Å². The molecular weight excluding hydrogens is 228 g/mol. The Kier molecular flexibility index (Phi) is 7.28. The van der Waals surface area contributed by atoms with E-state index in [2.05, 4.69) is 12.2 Å². The molecule has 0 unspecified atom stereocenters. The maximum Gasteiger partial charge on any atom is 0.227 e. The highest BCUT2D eigenvalue weighted by atomic mass is 16.5. The first kappa shape index (κ1) is 15.4. The highest BCUT2D eigenvalue weighted by molar-refractivity contribution is 5.83. The Balaban J connectivity index is 2.21. The number of unbranched alkanes of at least 4 members (excludes halogenated alkanes) is 1. The van der Waals surface area contributed by atoms with Gasteiger partial charge in [-0.05, 0) is 19.3 Å². The standard InChI is InChI=1S/C14H28N2O2/c1-2-3-10-18-11-9-16-13(17)14(12-15)7-5-4-6-8-14/h2-12,15H2,1H3,(H,16,17). The number of hydrogen-bond acceptors (Lipinski definition) is 3. The number of nitrogens with two attached hydrogens (primary N) is 1. The Morgan fingerprint density at radius 1 is 1.28 bits per heavy atom. The first-order chi connectivity index (χ1) is 8.75. The molecule has 0 heterocycles. The molecule has 0 atom stereocenters. The van der Waals surface area contributed by atoms with Crippen molar-refractivity contribution in [1.29, 1.82) is 0 Å². The average Bonchev–Trinajstić information content (AvgIpc) is 2.43. The van der Waals surface area contributed by atoms with Gasteiger partial charge in [-0.25, -0.2) is 0 Å². The molecule has 0 radical (unpaired) electrons. The third kappa shape index (κ3) is 4.58. The van der Waals surface area contributed by atoms with Crippen molar-refractivity contribution in [3.8, 4) is 0 Å². The Morgan fingerprint density at radius 2 is 2.00 bits per heavy atom. The average molecular weight is 256 g/mol. The summed E-state index contributed by atoms with van der Waals surface area (Å²) in [5.41, 5.74) is 5.51. The minimum Gasteiger partial charge on any atom is -0.380 e. The van der Waals surface area contributed by atoms with E-state index >= 15 is 0 Å². The van der Waals surface area contributed by atoms with E-state index in [1.807, 2.05) is 0 Å². The minimum atomic E-state index is -0.304. The molecule has 4 heteroatoms. The van der Waals surface area contributed by atoms with Crippen LogP contribution in [0.3, 0.4) is 0 Å². The molecule has 0 aromatic rings. The molecule has 3 N–H and O–H groups in total. The van der Waals surface area contributed by atoms with Gasteiger partial charge in [0, 0.05) is 19.7 Å². The molecule has 0 aromatic carbocycles. The van der Waals surface area contributed by atoms with Crippen LogP contribution >= 0.6 is 0 Å². The summed E-state index contributed by atoms with van der Waals surface area (Å²) in [4.78, 5) is 12.2. The predicted octanol–water partition coefficient (Wildman–Crippen LogP) is 1.83. The van der Waals surface area contributed by atoms with E-state index in [4.69, 9.17) is 10.5 Å². The van der Waals surface area contributed by atoms with E-state index in [9.17, 15) is 4.79 Å². The molecule has 0 saturated heterocycles. The normalized spacial score (nSPS) is 18.6. The molecular formula is C14H28N2O2. The maximum atomic E-state index is 12.2. The van der Waals surface area contributed by atoms with Crippen LogP contribution in [-0.2, 0) is 9.53 Å². The highest BCUT2D eigenvalue weighted by Gasteiger charge is 2.37. The second-order valence-corrected chi connectivity index (χ2v) is 5.27. The van der Waals surface area contributed by atoms with Crippen LogP contribution in [0.4, 0.5) is 0 Å². The zero-order valence-electron chi connectivity index (χ0n) is 11.7. The zero-order chi connectivity index (χ0) is 13.3. The van der Waals surface area contributed by atoms with Crippen molar-refractivity contribution in [3.63, 3.8) is 0 Å². The highest BCUT2D eigenvalue weighted by Crippen LogP contribution is 2.35. The van der Waals surface area contributed by atoms with Gasteiger partial charge in [0.1, 0.15) is 0 Å². The van der Waals surface area contributed by atoms with Crippen molar-refractivity contribution >= 4 is 5.91 Å². The largest absolute Gasteiger partial charge is 0.380 e. The Labute approximate surface area is 111 Å². The smallest absolute Gasteiger partial charge is 0.227 e. The summed E-state index contributed by atoms with van der Waals surface area (Å²) in [5.74, 6) is 0.129. The Morgan fingerprint density at radius 3 is 2.61 bits per heavy atom. The lowest BCUT2D eigenvalue weighted by atomic mass is 9.73. The molecule has 4 nitrogen and oxygen atoms in total. The van der Waals surface area contributed by atoms with Crippen molar-refractivity contribution in [2.24, 2.45) is 11.1 Å². The van der Waals surface area contributed by atoms with E-state index in [1.165, 1.54) is 6.42 Å². The molecule has 0 aliphatic heterocycles. The van der Waals surface area contributed by atoms with Gasteiger partial charge < -0.3 is 15.8 Å². The van der Waals surface area contributed by atoms with Crippen LogP contribution in [0.5, 0.6) is 0 Å². The summed E-state index contributed by atoms with van der Waals surface area (Å²) in [5, 5.41) is 2.98. The molecule has 0 spiro atoms. The number of carbonyl (C=O) groups is 1. The first-order valence-electron chi connectivity index (χ1n) is 7.31. The van der Waals surface area contributed by atoms with Gasteiger partial charge in [0.05, 0.1) is 12.0 Å². The first-order valence-corrected chi connectivity index (χ1v) is 7.31. The van der Waals surface area contributed by atoms with Gasteiger partial charge in [0.2, 0.25) is 5.91 Å². The van der Waals surface area contributed by atoms with Gasteiger partial charge in [-0.2, -0.15) is 0 Å². The number of nitrogens with one attached hydrogen (secondary N) is 1. The fourth-order valence-electron chi connectivity index (χ4n) is 2.53. The van der Waals surface area contributed by atoms with Gasteiger partial charge in [-0.15, -0.1) is 0 Å². The van der Waals surface area contributed by atoms with Crippen LogP contribution in [0.1, 0.15) is 51.9 Å². The summed E-state index contributed by atoms with van der Waals surface area (Å²) in [6, 6.07) is 0. The summed E-state index contributed by atoms with van der Waals surface area (Å²) >= 11 is 0. The van der Waals surface area contributed by atoms with Gasteiger partial charge in [-0.1, -0.05) is 32.6 Å². The maximum absolute atomic E-state index is 12.2. The molecule has 1 amide bonds. The van der Waals surface area contributed by atoms with Gasteiger partial charge in [-0.3, -0.25) is 4.79 Å². The second kappa shape index (κ2) is 8.48. The number of rotatable bonds is 8. The van der Waals surface area contributed by atoms with E-state index < -0.39 is 0 Å². The molecule has 106 valence electrons. The summed E-state index contributed by atoms with van der Waals surface area (Å²) < 4.78 is 5.43. The predicted molar refractivity (Wildman–Crippen MR) is 73.3 cm³/mol. The van der Waals surface area contributed by atoms with Gasteiger partial charge >= 0.3 is 0 Å². The summed E-state index contributed by atoms with van der Waals surface area (Å²) in [6.45, 7) is 4.60. The molecule has 1 aliphatic rings. The topological polar surface area (TPSA) is 64.3 Å². The van der Waals surface area contributed by atoms with Crippen molar-refractivity contribution < 1.29 is 9.53 Å². The monoisotopic (exact) mass is 256 g/mol. The SMILES string of the molecule is CCCCOCCNC(=O)C1(CN)CCCCC1. The fourth-order valence-corrected chi connectivity index (χ4v) is 2.53. The lowest BCUT2D eigenvalue weighted by molar-refractivity contribution is -0.132. The fraction of sp³-hybridized carbons (Fsp3) is 0.929. The summed E-state index contributed by atoms with van der Waals surface area (Å²) in [6.07, 6.45) is 7.58. The molecule has 1 rings (SSSR count). The molecule has 0 bridgehead atoms. The quantitative estimate of drug-likeness (QED) is 0.651. The second-order valence-electron chi connectivity index (χ2n) is 5.27. The van der Waals surface area contributed by atoms with Crippen molar-refractivity contribution in [3.05, 3.63) is 0 Å². The van der Waals surface area contributed by atoms with Crippen molar-refractivity contribution in [2.75, 3.05) is 26.3 Å². The lowest BCUT2D eigenvalue weighted by Gasteiger charge is -2.34. The Bertz CT molecular complexity index is 238. The molecule has 0 aromatic heterocycles. The van der Waals surface area contributed by atoms with Crippen molar-refractivity contribution in [2.45, 2.75) is 51.9 Å². The molecule has 1 saturated carbocycles.